The molecular formula is C14H13ClSn. The third kappa shape index (κ3) is 2.89. The molecule has 2 heteroatoms. The van der Waals surface area contributed by atoms with Crippen LogP contribution in [0.15, 0.2) is 70.3 Å². The third-order valence-electron chi connectivity index (χ3n) is 2.58. The molecule has 0 aliphatic carbocycles. The van der Waals surface area contributed by atoms with Gasteiger partial charge in [-0.15, -0.1) is 0 Å². The molecule has 0 heterocycles. The van der Waals surface area contributed by atoms with Crippen LogP contribution in [-0.2, 0) is 0 Å². The Kier molecular flexibility index (Phi) is 4.49. The molecule has 0 bridgehead atoms. The van der Waals surface area contributed by atoms with Gasteiger partial charge in [0.05, 0.1) is 0 Å². The Balaban J connectivity index is 2.39. The molecule has 2 rings (SSSR count). The van der Waals surface area contributed by atoms with Crippen LogP contribution in [0.2, 0.25) is 0 Å². The average molecular weight is 335 g/mol. The summed E-state index contributed by atoms with van der Waals surface area (Å²) in [4.78, 5) is 0. The summed E-state index contributed by atoms with van der Waals surface area (Å²) in [6.45, 7) is 0. The fraction of sp³-hybridized carbons (Fsp3) is 0. The van der Waals surface area contributed by atoms with Gasteiger partial charge in [0.1, 0.15) is 0 Å². The van der Waals surface area contributed by atoms with Gasteiger partial charge in [0.2, 0.25) is 0 Å². The van der Waals surface area contributed by atoms with Crippen molar-refractivity contribution in [2.45, 2.75) is 0 Å². The molecule has 0 amide bonds. The maximum absolute atomic E-state index is 5.77. The van der Waals surface area contributed by atoms with Crippen molar-refractivity contribution in [3.63, 3.8) is 0 Å². The molecule has 80 valence electrons. The Morgan fingerprint density at radius 2 is 1.19 bits per heavy atom. The first kappa shape index (κ1) is 11.7. The van der Waals surface area contributed by atoms with Gasteiger partial charge in [0, 0.05) is 0 Å². The van der Waals surface area contributed by atoms with Crippen molar-refractivity contribution in [2.24, 2.45) is 0 Å². The van der Waals surface area contributed by atoms with Crippen LogP contribution >= 0.6 is 11.6 Å². The van der Waals surface area contributed by atoms with Gasteiger partial charge in [-0.3, -0.25) is 0 Å². The van der Waals surface area contributed by atoms with Gasteiger partial charge >= 0.3 is 109 Å². The van der Waals surface area contributed by atoms with Gasteiger partial charge in [-0.25, -0.2) is 0 Å². The molecule has 0 unspecified atom stereocenters. The SMILES string of the molecule is ClC=[CH][SnH]([c]1ccccc1)[c]1ccccc1. The summed E-state index contributed by atoms with van der Waals surface area (Å²) in [5, 5.41) is 0. The molecule has 16 heavy (non-hydrogen) atoms. The van der Waals surface area contributed by atoms with Crippen molar-refractivity contribution in [3.8, 4) is 0 Å². The third-order valence-corrected chi connectivity index (χ3v) is 11.4. The van der Waals surface area contributed by atoms with E-state index < -0.39 is 19.8 Å². The quantitative estimate of drug-likeness (QED) is 0.755. The van der Waals surface area contributed by atoms with Crippen LogP contribution < -0.4 is 7.16 Å². The van der Waals surface area contributed by atoms with Gasteiger partial charge < -0.3 is 0 Å². The first-order valence-corrected chi connectivity index (χ1v) is 10.9. The zero-order valence-electron chi connectivity index (χ0n) is 8.88. The van der Waals surface area contributed by atoms with Crippen LogP contribution in [0.3, 0.4) is 0 Å². The zero-order valence-corrected chi connectivity index (χ0v) is 12.9. The average Bonchev–Trinajstić information content (AvgIpc) is 2.38. The van der Waals surface area contributed by atoms with Crippen molar-refractivity contribution in [1.29, 1.82) is 0 Å². The second-order valence-corrected chi connectivity index (χ2v) is 11.5. The Morgan fingerprint density at radius 3 is 1.56 bits per heavy atom. The number of rotatable bonds is 3. The topological polar surface area (TPSA) is 0 Å². The van der Waals surface area contributed by atoms with Gasteiger partial charge in [0.25, 0.3) is 0 Å². The van der Waals surface area contributed by atoms with E-state index in [2.05, 4.69) is 64.8 Å². The van der Waals surface area contributed by atoms with Gasteiger partial charge in [-0.05, 0) is 0 Å². The Morgan fingerprint density at radius 1 is 0.750 bits per heavy atom. The number of hydrogen-bond acceptors (Lipinski definition) is 0. The van der Waals surface area contributed by atoms with Crippen molar-refractivity contribution in [2.75, 3.05) is 0 Å². The monoisotopic (exact) mass is 336 g/mol. The Bertz CT molecular complexity index is 411. The zero-order chi connectivity index (χ0) is 11.2. The summed E-state index contributed by atoms with van der Waals surface area (Å²) >= 11 is 3.74. The predicted molar refractivity (Wildman–Crippen MR) is 74.3 cm³/mol. The van der Waals surface area contributed by atoms with Gasteiger partial charge in [-0.1, -0.05) is 0 Å². The molecular weight excluding hydrogens is 322 g/mol. The fourth-order valence-corrected chi connectivity index (χ4v) is 9.20. The molecule has 0 aromatic heterocycles. The van der Waals surface area contributed by atoms with Crippen molar-refractivity contribution >= 4 is 38.5 Å². The Labute approximate surface area is 108 Å². The maximum atomic E-state index is 5.77. The summed E-state index contributed by atoms with van der Waals surface area (Å²) in [6.07, 6.45) is 0. The van der Waals surface area contributed by atoms with E-state index in [9.17, 15) is 0 Å². The van der Waals surface area contributed by atoms with E-state index in [1.54, 1.807) is 5.54 Å². The molecule has 2 aromatic carbocycles. The van der Waals surface area contributed by atoms with E-state index in [1.807, 2.05) is 0 Å². The second kappa shape index (κ2) is 6.11. The first-order valence-electron chi connectivity index (χ1n) is 5.28. The summed E-state index contributed by atoms with van der Waals surface area (Å²) < 4.78 is 5.15. The molecule has 2 aromatic rings. The first-order chi connectivity index (χ1) is 7.92. The van der Waals surface area contributed by atoms with Gasteiger partial charge in [0.15, 0.2) is 0 Å². The van der Waals surface area contributed by atoms with Crippen molar-refractivity contribution < 1.29 is 0 Å². The number of halogens is 1. The van der Waals surface area contributed by atoms with E-state index in [0.29, 0.717) is 0 Å². The normalized spacial score (nSPS) is 11.1. The van der Waals surface area contributed by atoms with E-state index >= 15 is 0 Å². The van der Waals surface area contributed by atoms with E-state index in [1.165, 1.54) is 7.16 Å². The minimum absolute atomic E-state index is 1.47. The summed E-state index contributed by atoms with van der Waals surface area (Å²) in [5.41, 5.74) is 1.68. The molecule has 0 N–H and O–H groups in total. The molecule has 0 atom stereocenters. The molecule has 0 aliphatic rings. The molecule has 0 spiro atoms. The Hall–Kier alpha value is -0.731. The van der Waals surface area contributed by atoms with E-state index in [0.717, 1.165) is 0 Å². The molecule has 0 nitrogen and oxygen atoms in total. The second-order valence-electron chi connectivity index (χ2n) is 3.62. The molecule has 0 saturated carbocycles. The fourth-order valence-electron chi connectivity index (χ4n) is 1.81. The summed E-state index contributed by atoms with van der Waals surface area (Å²) in [7, 11) is 0. The molecule has 0 saturated heterocycles. The number of hydrogen-bond donors (Lipinski definition) is 0. The molecule has 0 radical (unpaired) electrons. The predicted octanol–water partition coefficient (Wildman–Crippen LogP) is 2.32. The van der Waals surface area contributed by atoms with Crippen LogP contribution in [-0.4, -0.2) is 19.8 Å². The van der Waals surface area contributed by atoms with E-state index in [4.69, 9.17) is 11.6 Å². The van der Waals surface area contributed by atoms with Crippen molar-refractivity contribution in [1.82, 2.24) is 0 Å². The minimum atomic E-state index is -2.03. The van der Waals surface area contributed by atoms with Gasteiger partial charge in [-0.2, -0.15) is 0 Å². The standard InChI is InChI=1S/2C6H5.C2H2Cl.Sn.H/c2*1-2-4-6-5-3-1;1-2-3;;/h2*1-5H;1-2H;;. The summed E-state index contributed by atoms with van der Waals surface area (Å²) in [5.74, 6) is 0. The van der Waals surface area contributed by atoms with Crippen LogP contribution in [0.4, 0.5) is 0 Å². The number of benzene rings is 2. The van der Waals surface area contributed by atoms with Crippen molar-refractivity contribution in [3.05, 3.63) is 70.3 Å². The van der Waals surface area contributed by atoms with Crippen LogP contribution in [0.5, 0.6) is 0 Å². The van der Waals surface area contributed by atoms with Crippen LogP contribution in [0, 0.1) is 0 Å². The molecule has 0 aliphatic heterocycles. The van der Waals surface area contributed by atoms with E-state index in [-0.39, 0.29) is 0 Å². The molecule has 0 fully saturated rings. The van der Waals surface area contributed by atoms with Crippen LogP contribution in [0.25, 0.3) is 0 Å². The van der Waals surface area contributed by atoms with Crippen LogP contribution in [0.1, 0.15) is 0 Å². The summed E-state index contributed by atoms with van der Waals surface area (Å²) in [6, 6.07) is 21.4.